The maximum absolute atomic E-state index is 12.0. The molecule has 0 bridgehead atoms. The van der Waals surface area contributed by atoms with E-state index >= 15 is 0 Å². The Labute approximate surface area is 183 Å². The maximum Gasteiger partial charge on any atom is 0.338 e. The van der Waals surface area contributed by atoms with Crippen molar-refractivity contribution in [3.8, 4) is 0 Å². The van der Waals surface area contributed by atoms with Gasteiger partial charge in [-0.2, -0.15) is 0 Å². The summed E-state index contributed by atoms with van der Waals surface area (Å²) in [5.74, 6) is -0.276. The van der Waals surface area contributed by atoms with E-state index < -0.39 is 0 Å². The molecular weight excluding hydrogens is 382 g/mol. The highest BCUT2D eigenvalue weighted by atomic mass is 16.5. The first kappa shape index (κ1) is 26.6. The fraction of sp³-hybridized carbons (Fsp3) is 0.708. The zero-order chi connectivity index (χ0) is 22.1. The molecular formula is C24H42NO5+. The van der Waals surface area contributed by atoms with E-state index in [1.807, 2.05) is 18.2 Å². The van der Waals surface area contributed by atoms with Crippen molar-refractivity contribution < 1.29 is 28.2 Å². The molecule has 0 saturated carbocycles. The van der Waals surface area contributed by atoms with Gasteiger partial charge in [0.25, 0.3) is 0 Å². The molecule has 0 heterocycles. The molecule has 0 atom stereocenters. The second-order valence-electron chi connectivity index (χ2n) is 7.48. The normalized spacial score (nSPS) is 11.6. The molecule has 1 rings (SSSR count). The predicted molar refractivity (Wildman–Crippen MR) is 120 cm³/mol. The third-order valence-electron chi connectivity index (χ3n) is 5.63. The number of ether oxygens (including phenoxy) is 4. The summed E-state index contributed by atoms with van der Waals surface area (Å²) < 4.78 is 23.3. The summed E-state index contributed by atoms with van der Waals surface area (Å²) in [6, 6.07) is 7.39. The number of quaternary nitrogens is 1. The Morgan fingerprint density at radius 2 is 1.47 bits per heavy atom. The number of carbonyl (C=O) groups excluding carboxylic acids is 1. The third kappa shape index (κ3) is 10.5. The third-order valence-corrected chi connectivity index (χ3v) is 5.63. The Bertz CT molecular complexity index is 566. The predicted octanol–water partition coefficient (Wildman–Crippen LogP) is 4.07. The van der Waals surface area contributed by atoms with Crippen molar-refractivity contribution in [3.63, 3.8) is 0 Å². The van der Waals surface area contributed by atoms with Crippen LogP contribution in [-0.2, 0) is 25.6 Å². The lowest BCUT2D eigenvalue weighted by Gasteiger charge is -2.35. The van der Waals surface area contributed by atoms with E-state index in [0.29, 0.717) is 45.2 Å². The van der Waals surface area contributed by atoms with Crippen LogP contribution < -0.4 is 0 Å². The summed E-state index contributed by atoms with van der Waals surface area (Å²) in [4.78, 5) is 12.0. The highest BCUT2D eigenvalue weighted by molar-refractivity contribution is 5.89. The molecule has 0 amide bonds. The molecule has 0 saturated heterocycles. The topological polar surface area (TPSA) is 54.0 Å². The molecule has 6 nitrogen and oxygen atoms in total. The summed E-state index contributed by atoms with van der Waals surface area (Å²) in [6.07, 6.45) is 1.89. The van der Waals surface area contributed by atoms with Crippen LogP contribution in [0.4, 0.5) is 0 Å². The standard InChI is InChI=1S/C24H42NO5/c1-5-9-14-30-24(26)23-12-10-11-22(20-23)21-29-19-18-28-17-16-27-15-13-25(6-2,7-3)8-4/h10-12,20H,5-9,13-19,21H2,1-4H3/q+1. The van der Waals surface area contributed by atoms with Crippen LogP contribution in [0.25, 0.3) is 0 Å². The van der Waals surface area contributed by atoms with Crippen molar-refractivity contribution in [2.24, 2.45) is 0 Å². The largest absolute Gasteiger partial charge is 0.462 e. The smallest absolute Gasteiger partial charge is 0.338 e. The van der Waals surface area contributed by atoms with Crippen LogP contribution in [0.1, 0.15) is 56.5 Å². The van der Waals surface area contributed by atoms with Crippen molar-refractivity contribution in [1.82, 2.24) is 0 Å². The number of unbranched alkanes of at least 4 members (excludes halogenated alkanes) is 1. The van der Waals surface area contributed by atoms with Crippen molar-refractivity contribution in [1.29, 1.82) is 0 Å². The van der Waals surface area contributed by atoms with Crippen molar-refractivity contribution >= 4 is 5.97 Å². The molecule has 0 spiro atoms. The number of carbonyl (C=O) groups is 1. The van der Waals surface area contributed by atoms with Crippen molar-refractivity contribution in [3.05, 3.63) is 35.4 Å². The Morgan fingerprint density at radius 1 is 0.833 bits per heavy atom. The van der Waals surface area contributed by atoms with Gasteiger partial charge in [0, 0.05) is 0 Å². The Kier molecular flexibility index (Phi) is 14.4. The zero-order valence-corrected chi connectivity index (χ0v) is 19.5. The van der Waals surface area contributed by atoms with E-state index in [-0.39, 0.29) is 5.97 Å². The SMILES string of the molecule is CCCCOC(=O)c1cccc(COCCOCCOCC[N+](CC)(CC)CC)c1. The molecule has 172 valence electrons. The average molecular weight is 425 g/mol. The fourth-order valence-corrected chi connectivity index (χ4v) is 3.21. The molecule has 0 radical (unpaired) electrons. The van der Waals surface area contributed by atoms with Crippen LogP contribution in [0.5, 0.6) is 0 Å². The number of likely N-dealkylation sites (N-methyl/N-ethyl adjacent to an activating group) is 1. The number of esters is 1. The Hall–Kier alpha value is -1.47. The van der Waals surface area contributed by atoms with Gasteiger partial charge in [-0.05, 0) is 44.9 Å². The number of hydrogen-bond acceptors (Lipinski definition) is 5. The minimum atomic E-state index is -0.276. The van der Waals surface area contributed by atoms with Crippen LogP contribution in [0.15, 0.2) is 24.3 Å². The number of benzene rings is 1. The van der Waals surface area contributed by atoms with Gasteiger partial charge in [0.1, 0.15) is 6.54 Å². The number of hydrogen-bond donors (Lipinski definition) is 0. The molecule has 30 heavy (non-hydrogen) atoms. The summed E-state index contributed by atoms with van der Waals surface area (Å²) in [5.41, 5.74) is 1.52. The van der Waals surface area contributed by atoms with Gasteiger partial charge in [-0.3, -0.25) is 0 Å². The van der Waals surface area contributed by atoms with Gasteiger partial charge in [0.15, 0.2) is 0 Å². The first-order chi connectivity index (χ1) is 14.6. The van der Waals surface area contributed by atoms with Crippen molar-refractivity contribution in [2.45, 2.75) is 47.1 Å². The Morgan fingerprint density at radius 3 is 2.10 bits per heavy atom. The van der Waals surface area contributed by atoms with Gasteiger partial charge in [-0.25, -0.2) is 4.79 Å². The van der Waals surface area contributed by atoms with Crippen LogP contribution in [0.2, 0.25) is 0 Å². The minimum absolute atomic E-state index is 0.276. The fourth-order valence-electron chi connectivity index (χ4n) is 3.21. The van der Waals surface area contributed by atoms with E-state index in [1.165, 1.54) is 0 Å². The second kappa shape index (κ2) is 16.3. The van der Waals surface area contributed by atoms with E-state index in [4.69, 9.17) is 18.9 Å². The second-order valence-corrected chi connectivity index (χ2v) is 7.48. The van der Waals surface area contributed by atoms with Crippen LogP contribution in [0.3, 0.4) is 0 Å². The summed E-state index contributed by atoms with van der Waals surface area (Å²) >= 11 is 0. The molecule has 1 aromatic carbocycles. The maximum atomic E-state index is 12.0. The molecule has 0 N–H and O–H groups in total. The van der Waals surface area contributed by atoms with Gasteiger partial charge < -0.3 is 23.4 Å². The lowest BCUT2D eigenvalue weighted by Crippen LogP contribution is -2.49. The van der Waals surface area contributed by atoms with Gasteiger partial charge >= 0.3 is 5.97 Å². The molecule has 0 unspecified atom stereocenters. The Balaban J connectivity index is 2.10. The minimum Gasteiger partial charge on any atom is -0.462 e. The van der Waals surface area contributed by atoms with E-state index in [2.05, 4.69) is 27.7 Å². The number of nitrogens with zero attached hydrogens (tertiary/aromatic N) is 1. The zero-order valence-electron chi connectivity index (χ0n) is 19.5. The van der Waals surface area contributed by atoms with Crippen molar-refractivity contribution in [2.75, 3.05) is 65.8 Å². The first-order valence-corrected chi connectivity index (χ1v) is 11.4. The van der Waals surface area contributed by atoms with E-state index in [0.717, 1.165) is 55.7 Å². The number of rotatable bonds is 18. The lowest BCUT2D eigenvalue weighted by atomic mass is 10.1. The highest BCUT2D eigenvalue weighted by Gasteiger charge is 2.19. The van der Waals surface area contributed by atoms with Gasteiger partial charge in [-0.15, -0.1) is 0 Å². The van der Waals surface area contributed by atoms with E-state index in [9.17, 15) is 4.79 Å². The molecule has 0 fully saturated rings. The van der Waals surface area contributed by atoms with E-state index in [1.54, 1.807) is 6.07 Å². The van der Waals surface area contributed by atoms with Gasteiger partial charge in [-0.1, -0.05) is 25.5 Å². The molecule has 1 aromatic rings. The quantitative estimate of drug-likeness (QED) is 0.202. The summed E-state index contributed by atoms with van der Waals surface area (Å²) in [6.45, 7) is 17.2. The molecule has 0 aliphatic carbocycles. The molecule has 6 heteroatoms. The highest BCUT2D eigenvalue weighted by Crippen LogP contribution is 2.09. The summed E-state index contributed by atoms with van der Waals surface area (Å²) in [5, 5.41) is 0. The molecule has 0 aliphatic heterocycles. The van der Waals surface area contributed by atoms with Crippen LogP contribution in [0, 0.1) is 0 Å². The summed E-state index contributed by atoms with van der Waals surface area (Å²) in [7, 11) is 0. The van der Waals surface area contributed by atoms with Crippen LogP contribution in [-0.4, -0.2) is 76.3 Å². The lowest BCUT2D eigenvalue weighted by molar-refractivity contribution is -0.923. The molecule has 0 aromatic heterocycles. The van der Waals surface area contributed by atoms with Gasteiger partial charge in [0.05, 0.1) is 71.4 Å². The first-order valence-electron chi connectivity index (χ1n) is 11.4. The van der Waals surface area contributed by atoms with Crippen LogP contribution >= 0.6 is 0 Å². The molecule has 0 aliphatic rings. The average Bonchev–Trinajstić information content (AvgIpc) is 2.78. The van der Waals surface area contributed by atoms with Gasteiger partial charge in [0.2, 0.25) is 0 Å². The monoisotopic (exact) mass is 424 g/mol.